The molecule has 0 unspecified atom stereocenters. The van der Waals surface area contributed by atoms with Crippen LogP contribution in [0.25, 0.3) is 0 Å². The Bertz CT molecular complexity index is 467. The fraction of sp³-hybridized carbons (Fsp3) is 0.538. The fourth-order valence-electron chi connectivity index (χ4n) is 2.80. The van der Waals surface area contributed by atoms with Crippen molar-refractivity contribution in [2.45, 2.75) is 43.1 Å². The fourth-order valence-corrected chi connectivity index (χ4v) is 3.86. The van der Waals surface area contributed by atoms with E-state index in [2.05, 4.69) is 0 Å². The number of carbonyl (C=O) groups is 1. The summed E-state index contributed by atoms with van der Waals surface area (Å²) in [5.74, 6) is 1.36. The number of aromatic carboxylic acids is 1. The molecular formula is C13H15NO2S. The van der Waals surface area contributed by atoms with Crippen LogP contribution in [0.3, 0.4) is 0 Å². The molecule has 0 bridgehead atoms. The van der Waals surface area contributed by atoms with Gasteiger partial charge in [0.15, 0.2) is 0 Å². The minimum atomic E-state index is -0.801. The van der Waals surface area contributed by atoms with Gasteiger partial charge in [0.1, 0.15) is 0 Å². The summed E-state index contributed by atoms with van der Waals surface area (Å²) in [6.07, 6.45) is 4.83. The van der Waals surface area contributed by atoms with E-state index >= 15 is 0 Å². The highest BCUT2D eigenvalue weighted by atomic mass is 32.2. The Balaban J connectivity index is 2.05. The van der Waals surface area contributed by atoms with Gasteiger partial charge in [0.25, 0.3) is 0 Å². The Morgan fingerprint density at radius 1 is 1.35 bits per heavy atom. The van der Waals surface area contributed by atoms with Gasteiger partial charge in [-0.05, 0) is 24.5 Å². The van der Waals surface area contributed by atoms with Crippen LogP contribution < -0.4 is 0 Å². The minimum Gasteiger partial charge on any atom is -0.478 e. The van der Waals surface area contributed by atoms with E-state index in [9.17, 15) is 9.90 Å². The molecule has 1 N–H and O–H groups in total. The molecule has 1 aliphatic carbocycles. The molecule has 0 aromatic carbocycles. The monoisotopic (exact) mass is 249 g/mol. The second kappa shape index (κ2) is 4.33. The molecule has 3 nitrogen and oxygen atoms in total. The van der Waals surface area contributed by atoms with Crippen molar-refractivity contribution in [3.05, 3.63) is 28.6 Å². The van der Waals surface area contributed by atoms with Crippen molar-refractivity contribution in [3.63, 3.8) is 0 Å². The Hall–Kier alpha value is -1.03. The van der Waals surface area contributed by atoms with Crippen molar-refractivity contribution in [1.29, 1.82) is 0 Å². The number of thioether (sulfide) groups is 1. The van der Waals surface area contributed by atoms with Gasteiger partial charge >= 0.3 is 5.97 Å². The molecule has 1 saturated carbocycles. The molecular weight excluding hydrogens is 234 g/mol. The van der Waals surface area contributed by atoms with Gasteiger partial charge in [-0.2, -0.15) is 11.8 Å². The number of rotatable bonds is 2. The SMILES string of the molecule is O=C(O)c1cc(C2CCCC2)nc2c1CSC2. The zero-order valence-electron chi connectivity index (χ0n) is 9.61. The molecule has 0 spiro atoms. The maximum Gasteiger partial charge on any atom is 0.336 e. The summed E-state index contributed by atoms with van der Waals surface area (Å²) < 4.78 is 0. The average Bonchev–Trinajstić information content (AvgIpc) is 2.98. The average molecular weight is 249 g/mol. The van der Waals surface area contributed by atoms with Crippen LogP contribution in [0.1, 0.15) is 58.9 Å². The standard InChI is InChI=1S/C13H15NO2S/c15-13(16)9-5-11(8-3-1-2-4-8)14-12-7-17-6-10(9)12/h5,8H,1-4,6-7H2,(H,15,16). The first-order valence-electron chi connectivity index (χ1n) is 6.09. The van der Waals surface area contributed by atoms with E-state index in [1.165, 1.54) is 12.8 Å². The Morgan fingerprint density at radius 2 is 2.12 bits per heavy atom. The second-order valence-corrected chi connectivity index (χ2v) is 5.78. The second-order valence-electron chi connectivity index (χ2n) is 4.80. The van der Waals surface area contributed by atoms with Gasteiger partial charge in [-0.25, -0.2) is 4.79 Å². The third kappa shape index (κ3) is 1.95. The molecule has 0 radical (unpaired) electrons. The van der Waals surface area contributed by atoms with Crippen molar-refractivity contribution >= 4 is 17.7 Å². The normalized spacial score (nSPS) is 19.5. The van der Waals surface area contributed by atoms with E-state index in [0.717, 1.165) is 41.3 Å². The number of aromatic nitrogens is 1. The lowest BCUT2D eigenvalue weighted by Crippen LogP contribution is -2.08. The van der Waals surface area contributed by atoms with E-state index in [4.69, 9.17) is 4.98 Å². The Labute approximate surface area is 105 Å². The third-order valence-corrected chi connectivity index (χ3v) is 4.69. The van der Waals surface area contributed by atoms with Crippen LogP contribution in [0, 0.1) is 0 Å². The first-order valence-corrected chi connectivity index (χ1v) is 7.25. The van der Waals surface area contributed by atoms with E-state index in [0.29, 0.717) is 11.5 Å². The third-order valence-electron chi connectivity index (χ3n) is 3.72. The van der Waals surface area contributed by atoms with Gasteiger partial charge in [0.05, 0.1) is 11.3 Å². The van der Waals surface area contributed by atoms with Gasteiger partial charge in [-0.1, -0.05) is 12.8 Å². The Kier molecular flexibility index (Phi) is 2.82. The molecule has 4 heteroatoms. The van der Waals surface area contributed by atoms with E-state index < -0.39 is 5.97 Å². The summed E-state index contributed by atoms with van der Waals surface area (Å²) in [5.41, 5.74) is 3.46. The van der Waals surface area contributed by atoms with E-state index in [1.807, 2.05) is 6.07 Å². The minimum absolute atomic E-state index is 0.488. The quantitative estimate of drug-likeness (QED) is 0.874. The first-order chi connectivity index (χ1) is 8.25. The lowest BCUT2D eigenvalue weighted by Gasteiger charge is -2.12. The van der Waals surface area contributed by atoms with Crippen LogP contribution in [0.4, 0.5) is 0 Å². The predicted octanol–water partition coefficient (Wildman–Crippen LogP) is 3.18. The lowest BCUT2D eigenvalue weighted by molar-refractivity contribution is 0.0695. The molecule has 0 amide bonds. The van der Waals surface area contributed by atoms with Crippen LogP contribution in [-0.4, -0.2) is 16.1 Å². The van der Waals surface area contributed by atoms with Gasteiger partial charge in [0.2, 0.25) is 0 Å². The molecule has 17 heavy (non-hydrogen) atoms. The molecule has 1 aromatic heterocycles. The number of pyridine rings is 1. The molecule has 2 heterocycles. The first kappa shape index (κ1) is 11.1. The molecule has 0 atom stereocenters. The topological polar surface area (TPSA) is 50.2 Å². The number of nitrogens with zero attached hydrogens (tertiary/aromatic N) is 1. The molecule has 2 aliphatic rings. The van der Waals surface area contributed by atoms with Gasteiger partial charge in [-0.3, -0.25) is 4.98 Å². The predicted molar refractivity (Wildman–Crippen MR) is 67.4 cm³/mol. The number of carboxylic acid groups (broad SMARTS) is 1. The van der Waals surface area contributed by atoms with Crippen molar-refractivity contribution < 1.29 is 9.90 Å². The molecule has 1 aromatic rings. The van der Waals surface area contributed by atoms with Crippen molar-refractivity contribution in [1.82, 2.24) is 4.98 Å². The van der Waals surface area contributed by atoms with Crippen LogP contribution >= 0.6 is 11.8 Å². The highest BCUT2D eigenvalue weighted by Gasteiger charge is 2.25. The molecule has 1 aliphatic heterocycles. The molecule has 90 valence electrons. The molecule has 1 fully saturated rings. The van der Waals surface area contributed by atoms with Crippen LogP contribution in [-0.2, 0) is 11.5 Å². The number of carboxylic acids is 1. The number of fused-ring (bicyclic) bond motifs is 1. The van der Waals surface area contributed by atoms with E-state index in [1.54, 1.807) is 11.8 Å². The van der Waals surface area contributed by atoms with Crippen molar-refractivity contribution in [3.8, 4) is 0 Å². The summed E-state index contributed by atoms with van der Waals surface area (Å²) in [6.45, 7) is 0. The van der Waals surface area contributed by atoms with Crippen molar-refractivity contribution in [2.75, 3.05) is 0 Å². The van der Waals surface area contributed by atoms with Crippen LogP contribution in [0.2, 0.25) is 0 Å². The van der Waals surface area contributed by atoms with Crippen molar-refractivity contribution in [2.24, 2.45) is 0 Å². The van der Waals surface area contributed by atoms with Crippen LogP contribution in [0.5, 0.6) is 0 Å². The van der Waals surface area contributed by atoms with Gasteiger partial charge in [-0.15, -0.1) is 0 Å². The maximum absolute atomic E-state index is 11.3. The largest absolute Gasteiger partial charge is 0.478 e. The Morgan fingerprint density at radius 3 is 2.82 bits per heavy atom. The summed E-state index contributed by atoms with van der Waals surface area (Å²) in [7, 11) is 0. The highest BCUT2D eigenvalue weighted by Crippen LogP contribution is 2.37. The van der Waals surface area contributed by atoms with Gasteiger partial charge < -0.3 is 5.11 Å². The van der Waals surface area contributed by atoms with Gasteiger partial charge in [0, 0.05) is 23.1 Å². The lowest BCUT2D eigenvalue weighted by atomic mass is 9.98. The number of hydrogen-bond donors (Lipinski definition) is 1. The summed E-state index contributed by atoms with van der Waals surface area (Å²) in [6, 6.07) is 1.82. The van der Waals surface area contributed by atoms with Crippen LogP contribution in [0.15, 0.2) is 6.07 Å². The highest BCUT2D eigenvalue weighted by molar-refractivity contribution is 7.98. The summed E-state index contributed by atoms with van der Waals surface area (Å²) >= 11 is 1.76. The summed E-state index contributed by atoms with van der Waals surface area (Å²) in [5, 5.41) is 9.28. The molecule has 3 rings (SSSR count). The smallest absolute Gasteiger partial charge is 0.336 e. The maximum atomic E-state index is 11.3. The summed E-state index contributed by atoms with van der Waals surface area (Å²) in [4.78, 5) is 16.0. The van der Waals surface area contributed by atoms with E-state index in [-0.39, 0.29) is 0 Å². The zero-order chi connectivity index (χ0) is 11.8. The zero-order valence-corrected chi connectivity index (χ0v) is 10.4. The number of hydrogen-bond acceptors (Lipinski definition) is 3. The molecule has 0 saturated heterocycles.